The number of methoxy groups -OCH3 is 1. The Morgan fingerprint density at radius 2 is 2.00 bits per heavy atom. The monoisotopic (exact) mass is 308 g/mol. The maximum atomic E-state index is 13.0. The summed E-state index contributed by atoms with van der Waals surface area (Å²) < 4.78 is 11.1. The first kappa shape index (κ1) is 16.0. The molecule has 0 aromatic carbocycles. The van der Waals surface area contributed by atoms with E-state index in [1.54, 1.807) is 14.0 Å². The second kappa shape index (κ2) is 5.33. The van der Waals surface area contributed by atoms with Crippen molar-refractivity contribution in [1.29, 1.82) is 0 Å². The van der Waals surface area contributed by atoms with Crippen LogP contribution in [0.4, 0.5) is 0 Å². The molecule has 3 rings (SSSR count). The second-order valence-corrected chi connectivity index (χ2v) is 7.92. The van der Waals surface area contributed by atoms with Gasteiger partial charge in [0.1, 0.15) is 5.92 Å². The van der Waals surface area contributed by atoms with Crippen molar-refractivity contribution < 1.29 is 19.1 Å². The quantitative estimate of drug-likeness (QED) is 0.594. The summed E-state index contributed by atoms with van der Waals surface area (Å²) in [5.41, 5.74) is -0.341. The number of hydrogen-bond donors (Lipinski definition) is 0. The van der Waals surface area contributed by atoms with Gasteiger partial charge in [-0.25, -0.2) is 0 Å². The predicted molar refractivity (Wildman–Crippen MR) is 82.2 cm³/mol. The van der Waals surface area contributed by atoms with Gasteiger partial charge >= 0.3 is 5.97 Å². The molecule has 6 atom stereocenters. The lowest BCUT2D eigenvalue weighted by molar-refractivity contribution is -0.186. The van der Waals surface area contributed by atoms with Crippen molar-refractivity contribution in [2.24, 2.45) is 29.1 Å². The van der Waals surface area contributed by atoms with E-state index in [4.69, 9.17) is 9.47 Å². The number of carbonyl (C=O) groups excluding carboxylic acids is 2. The molecule has 0 spiro atoms. The number of Topliss-reactive ketones (excluding diaryl/α,β-unsaturated/α-hetero) is 1. The van der Waals surface area contributed by atoms with Crippen LogP contribution in [-0.2, 0) is 19.1 Å². The topological polar surface area (TPSA) is 52.6 Å². The van der Waals surface area contributed by atoms with Gasteiger partial charge in [-0.2, -0.15) is 0 Å². The van der Waals surface area contributed by atoms with Crippen LogP contribution in [0.1, 0.15) is 52.9 Å². The normalized spacial score (nSPS) is 47.2. The highest BCUT2D eigenvalue weighted by Crippen LogP contribution is 2.61. The van der Waals surface area contributed by atoms with Gasteiger partial charge in [0.05, 0.1) is 12.2 Å². The first-order chi connectivity index (χ1) is 10.4. The number of rotatable bonds is 3. The molecule has 0 heterocycles. The second-order valence-electron chi connectivity index (χ2n) is 7.92. The van der Waals surface area contributed by atoms with Gasteiger partial charge in [0, 0.05) is 13.0 Å². The maximum absolute atomic E-state index is 13.0. The van der Waals surface area contributed by atoms with Crippen LogP contribution < -0.4 is 0 Å². The lowest BCUT2D eigenvalue weighted by Gasteiger charge is -2.59. The molecule has 0 aromatic rings. The molecule has 3 saturated carbocycles. The molecule has 22 heavy (non-hydrogen) atoms. The van der Waals surface area contributed by atoms with Crippen molar-refractivity contribution in [2.75, 3.05) is 13.7 Å². The van der Waals surface area contributed by atoms with Crippen molar-refractivity contribution in [3.63, 3.8) is 0 Å². The summed E-state index contributed by atoms with van der Waals surface area (Å²) in [5, 5.41) is 0. The Morgan fingerprint density at radius 1 is 1.27 bits per heavy atom. The highest BCUT2D eigenvalue weighted by molar-refractivity contribution is 6.02. The van der Waals surface area contributed by atoms with Crippen LogP contribution in [0.5, 0.6) is 0 Å². The van der Waals surface area contributed by atoms with Crippen LogP contribution in [0.3, 0.4) is 0 Å². The molecule has 124 valence electrons. The summed E-state index contributed by atoms with van der Waals surface area (Å²) in [6.07, 6.45) is 4.67. The van der Waals surface area contributed by atoms with Gasteiger partial charge in [-0.05, 0) is 63.2 Å². The van der Waals surface area contributed by atoms with Crippen LogP contribution in [-0.4, -0.2) is 31.1 Å². The molecule has 4 nitrogen and oxygen atoms in total. The van der Waals surface area contributed by atoms with E-state index in [0.29, 0.717) is 18.4 Å². The Bertz CT molecular complexity index is 487. The van der Waals surface area contributed by atoms with E-state index in [2.05, 4.69) is 13.8 Å². The van der Waals surface area contributed by atoms with Crippen LogP contribution in [0.2, 0.25) is 0 Å². The molecule has 3 fully saturated rings. The van der Waals surface area contributed by atoms with Crippen LogP contribution in [0.25, 0.3) is 0 Å². The van der Waals surface area contributed by atoms with Gasteiger partial charge < -0.3 is 9.47 Å². The number of ketones is 1. The Hall–Kier alpha value is -0.900. The molecule has 4 heteroatoms. The SMILES string of the molecule is CCOC(=O)C1C(=O)[C@@H]2CC[C@@](C)(OC)[C@@H]3CC[C@@]1(C)C[C@@H]32. The third-order valence-corrected chi connectivity index (χ3v) is 6.83. The molecule has 0 N–H and O–H groups in total. The zero-order valence-electron chi connectivity index (χ0n) is 14.2. The first-order valence-corrected chi connectivity index (χ1v) is 8.62. The third-order valence-electron chi connectivity index (χ3n) is 6.83. The summed E-state index contributed by atoms with van der Waals surface area (Å²) >= 11 is 0. The summed E-state index contributed by atoms with van der Waals surface area (Å²) in [4.78, 5) is 25.4. The largest absolute Gasteiger partial charge is 0.465 e. The van der Waals surface area contributed by atoms with E-state index in [9.17, 15) is 9.59 Å². The zero-order chi connectivity index (χ0) is 16.1. The lowest BCUT2D eigenvalue weighted by Crippen LogP contribution is -2.61. The smallest absolute Gasteiger partial charge is 0.317 e. The molecule has 0 saturated heterocycles. The molecular formula is C18H28O4. The van der Waals surface area contributed by atoms with Crippen LogP contribution >= 0.6 is 0 Å². The maximum Gasteiger partial charge on any atom is 0.317 e. The van der Waals surface area contributed by atoms with Gasteiger partial charge in [-0.1, -0.05) is 6.92 Å². The highest BCUT2D eigenvalue weighted by Gasteiger charge is 2.62. The molecule has 3 aliphatic rings. The molecule has 3 aliphatic carbocycles. The number of hydrogen-bond acceptors (Lipinski definition) is 4. The minimum Gasteiger partial charge on any atom is -0.465 e. The van der Waals surface area contributed by atoms with E-state index in [1.807, 2.05) is 0 Å². The Kier molecular flexibility index (Phi) is 3.87. The molecule has 2 bridgehead atoms. The van der Waals surface area contributed by atoms with Crippen molar-refractivity contribution in [1.82, 2.24) is 0 Å². The van der Waals surface area contributed by atoms with Crippen molar-refractivity contribution in [2.45, 2.75) is 58.5 Å². The van der Waals surface area contributed by atoms with Gasteiger partial charge in [-0.3, -0.25) is 9.59 Å². The average Bonchev–Trinajstić information content (AvgIpc) is 2.46. The number of fused-ring (bicyclic) bond motifs is 1. The lowest BCUT2D eigenvalue weighted by atomic mass is 9.46. The van der Waals surface area contributed by atoms with Crippen molar-refractivity contribution in [3.05, 3.63) is 0 Å². The summed E-state index contributed by atoms with van der Waals surface area (Å²) in [6, 6.07) is 0. The number of esters is 1. The van der Waals surface area contributed by atoms with E-state index < -0.39 is 5.92 Å². The van der Waals surface area contributed by atoms with Gasteiger partial charge in [-0.15, -0.1) is 0 Å². The molecule has 0 aromatic heterocycles. The van der Waals surface area contributed by atoms with E-state index in [-0.39, 0.29) is 28.7 Å². The zero-order valence-corrected chi connectivity index (χ0v) is 14.2. The fourth-order valence-corrected chi connectivity index (χ4v) is 5.56. The molecule has 1 unspecified atom stereocenters. The fraction of sp³-hybridized carbons (Fsp3) is 0.889. The van der Waals surface area contributed by atoms with Crippen molar-refractivity contribution >= 4 is 11.8 Å². The number of carbonyl (C=O) groups is 2. The van der Waals surface area contributed by atoms with Crippen molar-refractivity contribution in [3.8, 4) is 0 Å². The fourth-order valence-electron chi connectivity index (χ4n) is 5.56. The first-order valence-electron chi connectivity index (χ1n) is 8.62. The van der Waals surface area contributed by atoms with Crippen LogP contribution in [0.15, 0.2) is 0 Å². The average molecular weight is 308 g/mol. The summed E-state index contributed by atoms with van der Waals surface area (Å²) in [6.45, 7) is 6.45. The van der Waals surface area contributed by atoms with E-state index >= 15 is 0 Å². The van der Waals surface area contributed by atoms with E-state index in [1.165, 1.54) is 0 Å². The highest BCUT2D eigenvalue weighted by atomic mass is 16.5. The van der Waals surface area contributed by atoms with Crippen LogP contribution in [0, 0.1) is 29.1 Å². The third kappa shape index (κ3) is 2.14. The Morgan fingerprint density at radius 3 is 2.64 bits per heavy atom. The molecule has 0 amide bonds. The molecule has 0 radical (unpaired) electrons. The minimum atomic E-state index is -0.554. The van der Waals surface area contributed by atoms with Gasteiger partial charge in [0.25, 0.3) is 0 Å². The molecular weight excluding hydrogens is 280 g/mol. The van der Waals surface area contributed by atoms with Gasteiger partial charge in [0.15, 0.2) is 5.78 Å². The minimum absolute atomic E-state index is 0.0241. The number of ether oxygens (including phenoxy) is 2. The van der Waals surface area contributed by atoms with Gasteiger partial charge in [0.2, 0.25) is 0 Å². The predicted octanol–water partition coefficient (Wildman–Crippen LogP) is 2.99. The van der Waals surface area contributed by atoms with E-state index in [0.717, 1.165) is 32.1 Å². The summed E-state index contributed by atoms with van der Waals surface area (Å²) in [7, 11) is 1.79. The molecule has 0 aliphatic heterocycles. The Balaban J connectivity index is 1.93. The summed E-state index contributed by atoms with van der Waals surface area (Å²) in [5.74, 6) is 0.122. The Labute approximate surface area is 132 Å². The standard InChI is InChI=1S/C18H28O4/c1-5-22-16(20)14-15(19)11-6-9-18(3,21-4)13-7-8-17(14,2)10-12(11)13/h11-14H,5-10H2,1-4H3/t11-,12-,13-,14?,17+,18-/m1/s1.